The van der Waals surface area contributed by atoms with Crippen molar-refractivity contribution in [3.8, 4) is 6.07 Å². The second kappa shape index (κ2) is 4.21. The van der Waals surface area contributed by atoms with E-state index in [9.17, 15) is 0 Å². The number of nitriles is 1. The number of rotatable bonds is 3. The van der Waals surface area contributed by atoms with Gasteiger partial charge >= 0.3 is 0 Å². The Bertz CT molecular complexity index is 350. The Labute approximate surface area is 89.5 Å². The predicted molar refractivity (Wildman–Crippen MR) is 59.6 cm³/mol. The molecule has 1 unspecified atom stereocenters. The van der Waals surface area contributed by atoms with E-state index in [1.807, 2.05) is 12.3 Å². The molecule has 3 nitrogen and oxygen atoms in total. The normalized spacial score (nSPS) is 13.6. The minimum absolute atomic E-state index is 0.486. The van der Waals surface area contributed by atoms with Crippen LogP contribution in [-0.2, 0) is 4.43 Å². The molecule has 0 aliphatic rings. The highest BCUT2D eigenvalue weighted by Gasteiger charge is 2.23. The lowest BCUT2D eigenvalue weighted by Gasteiger charge is -2.19. The highest BCUT2D eigenvalue weighted by atomic mass is 32.1. The molecule has 0 fully saturated rings. The van der Waals surface area contributed by atoms with Crippen molar-refractivity contribution in [2.45, 2.75) is 32.7 Å². The Balaban J connectivity index is 2.79. The van der Waals surface area contributed by atoms with Crippen LogP contribution in [0.1, 0.15) is 16.8 Å². The number of aryl methyl sites for hydroxylation is 1. The van der Waals surface area contributed by atoms with Gasteiger partial charge in [-0.2, -0.15) is 5.26 Å². The number of hydrogen-bond acceptors (Lipinski definition) is 4. The summed E-state index contributed by atoms with van der Waals surface area (Å²) in [5.74, 6) is 0. The maximum atomic E-state index is 8.97. The Morgan fingerprint density at radius 2 is 2.21 bits per heavy atom. The highest BCUT2D eigenvalue weighted by molar-refractivity contribution is 7.09. The quantitative estimate of drug-likeness (QED) is 0.744. The first-order chi connectivity index (χ1) is 6.42. The zero-order valence-electron chi connectivity index (χ0n) is 8.87. The Morgan fingerprint density at radius 1 is 1.57 bits per heavy atom. The summed E-state index contributed by atoms with van der Waals surface area (Å²) in [7, 11) is -1.67. The smallest absolute Gasteiger partial charge is 0.186 e. The van der Waals surface area contributed by atoms with Crippen LogP contribution in [0.3, 0.4) is 0 Å². The molecule has 1 heterocycles. The summed E-state index contributed by atoms with van der Waals surface area (Å²) in [5.41, 5.74) is 0.949. The lowest BCUT2D eigenvalue weighted by molar-refractivity contribution is 0.254. The van der Waals surface area contributed by atoms with Crippen LogP contribution in [0.2, 0.25) is 19.6 Å². The zero-order chi connectivity index (χ0) is 10.8. The van der Waals surface area contributed by atoms with E-state index in [0.29, 0.717) is 0 Å². The third kappa shape index (κ3) is 3.22. The molecular formula is C9H14N2OSSi. The molecule has 1 atom stereocenters. The molecule has 5 heteroatoms. The average molecular weight is 226 g/mol. The Hall–Kier alpha value is -0.703. The number of aromatic nitrogens is 1. The summed E-state index contributed by atoms with van der Waals surface area (Å²) in [6.07, 6.45) is -0.486. The van der Waals surface area contributed by atoms with Crippen LogP contribution >= 0.6 is 11.3 Å². The van der Waals surface area contributed by atoms with Crippen molar-refractivity contribution in [1.29, 1.82) is 5.26 Å². The fourth-order valence-electron chi connectivity index (χ4n) is 0.978. The zero-order valence-corrected chi connectivity index (χ0v) is 10.7. The molecule has 14 heavy (non-hydrogen) atoms. The molecule has 0 aliphatic carbocycles. The van der Waals surface area contributed by atoms with Gasteiger partial charge in [-0.05, 0) is 26.6 Å². The second-order valence-corrected chi connectivity index (χ2v) is 9.42. The second-order valence-electron chi connectivity index (χ2n) is 4.07. The van der Waals surface area contributed by atoms with E-state index in [4.69, 9.17) is 9.69 Å². The molecule has 0 radical (unpaired) electrons. The molecule has 0 N–H and O–H groups in total. The molecule has 0 saturated heterocycles. The fourth-order valence-corrected chi connectivity index (χ4v) is 2.70. The SMILES string of the molecule is Cc1csc(C(C#N)O[Si](C)(C)C)n1. The maximum Gasteiger partial charge on any atom is 0.186 e. The van der Waals surface area contributed by atoms with Crippen LogP contribution < -0.4 is 0 Å². The molecule has 1 aromatic heterocycles. The lowest BCUT2D eigenvalue weighted by Crippen LogP contribution is -2.27. The minimum Gasteiger partial charge on any atom is -0.397 e. The van der Waals surface area contributed by atoms with Gasteiger partial charge in [0.05, 0.1) is 0 Å². The van der Waals surface area contributed by atoms with E-state index < -0.39 is 14.4 Å². The van der Waals surface area contributed by atoms with Crippen molar-refractivity contribution < 1.29 is 4.43 Å². The summed E-state index contributed by atoms with van der Waals surface area (Å²) in [6.45, 7) is 8.12. The molecule has 1 aromatic rings. The first-order valence-corrected chi connectivity index (χ1v) is 8.70. The number of thiazole rings is 1. The van der Waals surface area contributed by atoms with Crippen LogP contribution in [0.15, 0.2) is 5.38 Å². The highest BCUT2D eigenvalue weighted by Crippen LogP contribution is 2.24. The molecule has 0 saturated carbocycles. The Morgan fingerprint density at radius 3 is 2.57 bits per heavy atom. The van der Waals surface area contributed by atoms with Gasteiger partial charge in [-0.1, -0.05) is 0 Å². The van der Waals surface area contributed by atoms with Gasteiger partial charge in [0, 0.05) is 11.1 Å². The largest absolute Gasteiger partial charge is 0.397 e. The van der Waals surface area contributed by atoms with Gasteiger partial charge in [-0.3, -0.25) is 0 Å². The lowest BCUT2D eigenvalue weighted by atomic mass is 10.4. The first-order valence-electron chi connectivity index (χ1n) is 4.42. The summed E-state index contributed by atoms with van der Waals surface area (Å²) in [6, 6.07) is 2.15. The third-order valence-electron chi connectivity index (χ3n) is 1.45. The van der Waals surface area contributed by atoms with Gasteiger partial charge in [-0.25, -0.2) is 4.98 Å². The van der Waals surface area contributed by atoms with Crippen LogP contribution in [-0.4, -0.2) is 13.3 Å². The van der Waals surface area contributed by atoms with Gasteiger partial charge < -0.3 is 4.43 Å². The molecule has 1 rings (SSSR count). The van der Waals surface area contributed by atoms with E-state index in [1.165, 1.54) is 11.3 Å². The molecule has 0 aromatic carbocycles. The summed E-state index contributed by atoms with van der Waals surface area (Å²) >= 11 is 1.49. The Kier molecular flexibility index (Phi) is 3.42. The van der Waals surface area contributed by atoms with Gasteiger partial charge in [0.25, 0.3) is 0 Å². The van der Waals surface area contributed by atoms with Crippen LogP contribution in [0.4, 0.5) is 0 Å². The van der Waals surface area contributed by atoms with Crippen molar-refractivity contribution in [2.75, 3.05) is 0 Å². The maximum absolute atomic E-state index is 8.97. The predicted octanol–water partition coefficient (Wildman–Crippen LogP) is 2.87. The van der Waals surface area contributed by atoms with E-state index in [1.54, 1.807) is 0 Å². The molecule has 0 spiro atoms. The molecule has 0 bridgehead atoms. The topological polar surface area (TPSA) is 45.9 Å². The van der Waals surface area contributed by atoms with Crippen molar-refractivity contribution in [3.63, 3.8) is 0 Å². The summed E-state index contributed by atoms with van der Waals surface area (Å²) in [5, 5.41) is 11.7. The average Bonchev–Trinajstić information content (AvgIpc) is 2.46. The van der Waals surface area contributed by atoms with Gasteiger partial charge in [-0.15, -0.1) is 11.3 Å². The van der Waals surface area contributed by atoms with Crippen molar-refractivity contribution in [3.05, 3.63) is 16.1 Å². The fraction of sp³-hybridized carbons (Fsp3) is 0.556. The van der Waals surface area contributed by atoms with E-state index in [0.717, 1.165) is 10.7 Å². The summed E-state index contributed by atoms with van der Waals surface area (Å²) in [4.78, 5) is 4.26. The van der Waals surface area contributed by atoms with Crippen molar-refractivity contribution in [1.82, 2.24) is 4.98 Å². The van der Waals surface area contributed by atoms with Crippen molar-refractivity contribution in [2.24, 2.45) is 0 Å². The monoisotopic (exact) mass is 226 g/mol. The van der Waals surface area contributed by atoms with Crippen LogP contribution in [0.25, 0.3) is 0 Å². The third-order valence-corrected chi connectivity index (χ3v) is 3.40. The summed E-state index contributed by atoms with van der Waals surface area (Å²) < 4.78 is 5.71. The molecule has 76 valence electrons. The van der Waals surface area contributed by atoms with Gasteiger partial charge in [0.2, 0.25) is 0 Å². The molecule has 0 amide bonds. The number of hydrogen-bond donors (Lipinski definition) is 0. The van der Waals surface area contributed by atoms with E-state index in [-0.39, 0.29) is 0 Å². The van der Waals surface area contributed by atoms with E-state index in [2.05, 4.69) is 30.7 Å². The minimum atomic E-state index is -1.67. The molecular weight excluding hydrogens is 212 g/mol. The van der Waals surface area contributed by atoms with Crippen molar-refractivity contribution >= 4 is 19.7 Å². The van der Waals surface area contributed by atoms with Crippen LogP contribution in [0.5, 0.6) is 0 Å². The first kappa shape index (κ1) is 11.4. The van der Waals surface area contributed by atoms with Gasteiger partial charge in [0.1, 0.15) is 11.1 Å². The standard InChI is InChI=1S/C9H14N2OSSi/c1-7-6-13-9(11-7)8(5-10)12-14(2,3)4/h6,8H,1-4H3. The van der Waals surface area contributed by atoms with Crippen LogP contribution in [0, 0.1) is 18.3 Å². The van der Waals surface area contributed by atoms with Gasteiger partial charge in [0.15, 0.2) is 14.4 Å². The number of nitrogens with zero attached hydrogens (tertiary/aromatic N) is 2. The molecule has 0 aliphatic heterocycles. The van der Waals surface area contributed by atoms with E-state index >= 15 is 0 Å².